The predicted octanol–water partition coefficient (Wildman–Crippen LogP) is 0.613. The first-order valence-corrected chi connectivity index (χ1v) is 3.85. The zero-order valence-electron chi connectivity index (χ0n) is 6.75. The molecule has 0 spiro atoms. The first-order valence-electron chi connectivity index (χ1n) is 3.85. The molecule has 0 radical (unpaired) electrons. The number of aliphatic hydroxyl groups is 2. The second-order valence-electron chi connectivity index (χ2n) is 2.65. The standard InChI is InChI=1S/C9H8N2O2/c12-9(13)7-3-5-11-8-6(7)2-1-4-10-8/h1-5,9,12-13H. The van der Waals surface area contributed by atoms with Crippen molar-refractivity contribution in [2.45, 2.75) is 6.29 Å². The van der Waals surface area contributed by atoms with Crippen molar-refractivity contribution in [1.82, 2.24) is 9.97 Å². The van der Waals surface area contributed by atoms with Gasteiger partial charge in [-0.1, -0.05) is 0 Å². The summed E-state index contributed by atoms with van der Waals surface area (Å²) in [5, 5.41) is 18.7. The summed E-state index contributed by atoms with van der Waals surface area (Å²) < 4.78 is 0. The lowest BCUT2D eigenvalue weighted by Crippen LogP contribution is -1.97. The van der Waals surface area contributed by atoms with Crippen LogP contribution in [0.1, 0.15) is 11.9 Å². The Morgan fingerprint density at radius 1 is 1.08 bits per heavy atom. The average Bonchev–Trinajstić information content (AvgIpc) is 2.17. The summed E-state index contributed by atoms with van der Waals surface area (Å²) in [5.41, 5.74) is 0.950. The van der Waals surface area contributed by atoms with E-state index in [9.17, 15) is 0 Å². The Hall–Kier alpha value is -1.52. The minimum Gasteiger partial charge on any atom is -0.364 e. The number of pyridine rings is 2. The van der Waals surface area contributed by atoms with Crippen LogP contribution in [-0.4, -0.2) is 20.2 Å². The van der Waals surface area contributed by atoms with Crippen LogP contribution in [0, 0.1) is 0 Å². The molecule has 2 N–H and O–H groups in total. The highest BCUT2D eigenvalue weighted by molar-refractivity contribution is 5.78. The molecule has 0 saturated heterocycles. The maximum atomic E-state index is 9.02. The quantitative estimate of drug-likeness (QED) is 0.625. The lowest BCUT2D eigenvalue weighted by molar-refractivity contribution is -0.0413. The number of aliphatic hydroxyl groups excluding tert-OH is 1. The fourth-order valence-electron chi connectivity index (χ4n) is 1.23. The summed E-state index contributed by atoms with van der Waals surface area (Å²) in [5.74, 6) is 0. The highest BCUT2D eigenvalue weighted by atomic mass is 16.5. The van der Waals surface area contributed by atoms with Gasteiger partial charge in [0, 0.05) is 23.3 Å². The van der Waals surface area contributed by atoms with Crippen LogP contribution in [0.25, 0.3) is 11.0 Å². The number of hydrogen-bond acceptors (Lipinski definition) is 4. The van der Waals surface area contributed by atoms with Crippen LogP contribution in [0.2, 0.25) is 0 Å². The van der Waals surface area contributed by atoms with Crippen molar-refractivity contribution in [2.75, 3.05) is 0 Å². The summed E-state index contributed by atoms with van der Waals surface area (Å²) in [6.45, 7) is 0. The molecule has 0 unspecified atom stereocenters. The van der Waals surface area contributed by atoms with Gasteiger partial charge in [0.25, 0.3) is 0 Å². The first kappa shape index (κ1) is 8.10. The van der Waals surface area contributed by atoms with Gasteiger partial charge in [-0.25, -0.2) is 9.97 Å². The Morgan fingerprint density at radius 2 is 1.85 bits per heavy atom. The van der Waals surface area contributed by atoms with Crippen molar-refractivity contribution in [3.63, 3.8) is 0 Å². The van der Waals surface area contributed by atoms with Crippen molar-refractivity contribution < 1.29 is 10.2 Å². The third-order valence-corrected chi connectivity index (χ3v) is 1.83. The summed E-state index contributed by atoms with van der Waals surface area (Å²) >= 11 is 0. The smallest absolute Gasteiger partial charge is 0.179 e. The highest BCUT2D eigenvalue weighted by Crippen LogP contribution is 2.18. The third-order valence-electron chi connectivity index (χ3n) is 1.83. The molecular weight excluding hydrogens is 168 g/mol. The van der Waals surface area contributed by atoms with Gasteiger partial charge in [-0.2, -0.15) is 0 Å². The van der Waals surface area contributed by atoms with E-state index in [1.165, 1.54) is 6.20 Å². The Labute approximate surface area is 74.5 Å². The summed E-state index contributed by atoms with van der Waals surface area (Å²) in [4.78, 5) is 7.98. The van der Waals surface area contributed by atoms with Gasteiger partial charge >= 0.3 is 0 Å². The molecule has 2 rings (SSSR count). The van der Waals surface area contributed by atoms with E-state index in [2.05, 4.69) is 9.97 Å². The van der Waals surface area contributed by atoms with E-state index in [4.69, 9.17) is 10.2 Å². The Morgan fingerprint density at radius 3 is 2.62 bits per heavy atom. The van der Waals surface area contributed by atoms with Gasteiger partial charge < -0.3 is 10.2 Å². The minimum absolute atomic E-state index is 0.429. The van der Waals surface area contributed by atoms with E-state index >= 15 is 0 Å². The second-order valence-corrected chi connectivity index (χ2v) is 2.65. The number of rotatable bonds is 1. The normalized spacial score (nSPS) is 11.0. The maximum absolute atomic E-state index is 9.02. The molecule has 0 aliphatic heterocycles. The molecule has 2 heterocycles. The van der Waals surface area contributed by atoms with Gasteiger partial charge in [-0.05, 0) is 18.2 Å². The number of fused-ring (bicyclic) bond motifs is 1. The van der Waals surface area contributed by atoms with Crippen LogP contribution in [0.3, 0.4) is 0 Å². The Kier molecular flexibility index (Phi) is 1.92. The van der Waals surface area contributed by atoms with E-state index in [-0.39, 0.29) is 0 Å². The van der Waals surface area contributed by atoms with Crippen molar-refractivity contribution >= 4 is 11.0 Å². The molecule has 2 aromatic rings. The average molecular weight is 176 g/mol. The number of hydrogen-bond donors (Lipinski definition) is 2. The topological polar surface area (TPSA) is 66.2 Å². The predicted molar refractivity (Wildman–Crippen MR) is 46.7 cm³/mol. The molecule has 0 bridgehead atoms. The highest BCUT2D eigenvalue weighted by Gasteiger charge is 2.07. The van der Waals surface area contributed by atoms with Gasteiger partial charge in [0.05, 0.1) is 0 Å². The number of aromatic nitrogens is 2. The van der Waals surface area contributed by atoms with Gasteiger partial charge in [0.1, 0.15) is 0 Å². The molecule has 2 aromatic heterocycles. The van der Waals surface area contributed by atoms with E-state index in [1.54, 1.807) is 24.4 Å². The fraction of sp³-hybridized carbons (Fsp3) is 0.111. The van der Waals surface area contributed by atoms with Crippen LogP contribution >= 0.6 is 0 Å². The molecule has 0 saturated carbocycles. The van der Waals surface area contributed by atoms with Gasteiger partial charge in [-0.3, -0.25) is 0 Å². The second kappa shape index (κ2) is 3.08. The summed E-state index contributed by atoms with van der Waals surface area (Å²) in [7, 11) is 0. The van der Waals surface area contributed by atoms with Crippen LogP contribution in [0.4, 0.5) is 0 Å². The van der Waals surface area contributed by atoms with Gasteiger partial charge in [-0.15, -0.1) is 0 Å². The van der Waals surface area contributed by atoms with Crippen molar-refractivity contribution in [1.29, 1.82) is 0 Å². The molecule has 0 aliphatic rings. The van der Waals surface area contributed by atoms with E-state index < -0.39 is 6.29 Å². The summed E-state index contributed by atoms with van der Waals surface area (Å²) in [6, 6.07) is 5.05. The lowest BCUT2D eigenvalue weighted by atomic mass is 10.1. The van der Waals surface area contributed by atoms with Crippen molar-refractivity contribution in [3.8, 4) is 0 Å². The third kappa shape index (κ3) is 1.37. The van der Waals surface area contributed by atoms with Crippen molar-refractivity contribution in [2.24, 2.45) is 0 Å². The van der Waals surface area contributed by atoms with Gasteiger partial charge in [0.15, 0.2) is 11.9 Å². The maximum Gasteiger partial charge on any atom is 0.179 e. The molecule has 0 amide bonds. The van der Waals surface area contributed by atoms with Crippen LogP contribution in [0.15, 0.2) is 30.6 Å². The van der Waals surface area contributed by atoms with Crippen molar-refractivity contribution in [3.05, 3.63) is 36.2 Å². The monoisotopic (exact) mass is 176 g/mol. The van der Waals surface area contributed by atoms with E-state index in [0.29, 0.717) is 16.6 Å². The van der Waals surface area contributed by atoms with Crippen LogP contribution in [0.5, 0.6) is 0 Å². The van der Waals surface area contributed by atoms with E-state index in [1.807, 2.05) is 0 Å². The summed E-state index contributed by atoms with van der Waals surface area (Å²) in [6.07, 6.45) is 1.64. The molecule has 66 valence electrons. The van der Waals surface area contributed by atoms with E-state index in [0.717, 1.165) is 0 Å². The molecule has 4 nitrogen and oxygen atoms in total. The molecule has 0 fully saturated rings. The van der Waals surface area contributed by atoms with Crippen LogP contribution in [-0.2, 0) is 0 Å². The zero-order chi connectivity index (χ0) is 9.26. The zero-order valence-corrected chi connectivity index (χ0v) is 6.75. The largest absolute Gasteiger partial charge is 0.364 e. The minimum atomic E-state index is -1.48. The molecular formula is C9H8N2O2. The van der Waals surface area contributed by atoms with Gasteiger partial charge in [0.2, 0.25) is 0 Å². The Balaban J connectivity index is 2.76. The van der Waals surface area contributed by atoms with Crippen LogP contribution < -0.4 is 0 Å². The molecule has 0 aromatic carbocycles. The molecule has 4 heteroatoms. The lowest BCUT2D eigenvalue weighted by Gasteiger charge is -2.05. The molecule has 0 aliphatic carbocycles. The SMILES string of the molecule is OC(O)c1ccnc2ncccc12. The first-order chi connectivity index (χ1) is 6.29. The molecule has 13 heavy (non-hydrogen) atoms. The fourth-order valence-corrected chi connectivity index (χ4v) is 1.23. The Bertz CT molecular complexity index is 423. The molecule has 0 atom stereocenters. The number of nitrogens with zero attached hydrogens (tertiary/aromatic N) is 2.